The smallest absolute Gasteiger partial charge is 0.230 e. The molecule has 2 atom stereocenters. The predicted molar refractivity (Wildman–Crippen MR) is 93.0 cm³/mol. The molecule has 0 bridgehead atoms. The minimum Gasteiger partial charge on any atom is -0.356 e. The molecule has 0 unspecified atom stereocenters. The van der Waals surface area contributed by atoms with Crippen LogP contribution in [0.4, 0.5) is 11.6 Å². The van der Waals surface area contributed by atoms with Crippen molar-refractivity contribution in [1.29, 1.82) is 5.26 Å². The summed E-state index contributed by atoms with van der Waals surface area (Å²) < 4.78 is 0. The number of anilines is 2. The molecule has 1 aliphatic carbocycles. The molecule has 1 saturated heterocycles. The molecule has 1 amide bonds. The third-order valence-corrected chi connectivity index (χ3v) is 5.06. The lowest BCUT2D eigenvalue weighted by Crippen LogP contribution is -2.29. The zero-order chi connectivity index (χ0) is 17.4. The van der Waals surface area contributed by atoms with Crippen LogP contribution in [0.1, 0.15) is 36.9 Å². The van der Waals surface area contributed by atoms with Crippen molar-refractivity contribution in [2.24, 2.45) is 11.8 Å². The standard InChI is InChI=1S/C18H20N6O/c1-11-9-24(15-4-2-3-7-20-15)10-14(11)18(25)21-17-13(8-19)16(22-23-17)12-5-6-12/h2-4,7,11-12,14H,5-6,9-10H2,1H3,(H2,21,22,23,25)/t11-,14-/m1/s1. The van der Waals surface area contributed by atoms with Crippen molar-refractivity contribution in [3.8, 4) is 6.07 Å². The van der Waals surface area contributed by atoms with Gasteiger partial charge < -0.3 is 10.2 Å². The summed E-state index contributed by atoms with van der Waals surface area (Å²) >= 11 is 0. The molecule has 25 heavy (non-hydrogen) atoms. The Hall–Kier alpha value is -2.88. The van der Waals surface area contributed by atoms with Crippen LogP contribution < -0.4 is 10.2 Å². The van der Waals surface area contributed by atoms with Gasteiger partial charge in [0.15, 0.2) is 5.82 Å². The van der Waals surface area contributed by atoms with Crippen LogP contribution >= 0.6 is 0 Å². The maximum atomic E-state index is 12.7. The van der Waals surface area contributed by atoms with Gasteiger partial charge in [-0.2, -0.15) is 10.4 Å². The van der Waals surface area contributed by atoms with E-state index >= 15 is 0 Å². The first-order chi connectivity index (χ1) is 12.2. The summed E-state index contributed by atoms with van der Waals surface area (Å²) in [6.07, 6.45) is 3.90. The number of hydrogen-bond acceptors (Lipinski definition) is 5. The van der Waals surface area contributed by atoms with Crippen LogP contribution in [-0.4, -0.2) is 34.2 Å². The molecule has 2 fully saturated rings. The molecular formula is C18H20N6O. The van der Waals surface area contributed by atoms with E-state index in [1.807, 2.05) is 18.2 Å². The highest BCUT2D eigenvalue weighted by atomic mass is 16.2. The first kappa shape index (κ1) is 15.6. The topological polar surface area (TPSA) is 97.7 Å². The zero-order valence-corrected chi connectivity index (χ0v) is 14.1. The number of nitriles is 1. The average molecular weight is 336 g/mol. The summed E-state index contributed by atoms with van der Waals surface area (Å²) in [5, 5.41) is 19.3. The summed E-state index contributed by atoms with van der Waals surface area (Å²) in [5.74, 6) is 1.59. The Kier molecular flexibility index (Phi) is 3.88. The van der Waals surface area contributed by atoms with Gasteiger partial charge in [-0.1, -0.05) is 13.0 Å². The van der Waals surface area contributed by atoms with Gasteiger partial charge in [-0.3, -0.25) is 9.89 Å². The number of hydrogen-bond donors (Lipinski definition) is 2. The molecule has 0 aromatic carbocycles. The third-order valence-electron chi connectivity index (χ3n) is 5.06. The molecule has 2 aromatic rings. The molecule has 2 aliphatic rings. The van der Waals surface area contributed by atoms with E-state index in [1.165, 1.54) is 0 Å². The summed E-state index contributed by atoms with van der Waals surface area (Å²) in [7, 11) is 0. The van der Waals surface area contributed by atoms with Gasteiger partial charge in [0.2, 0.25) is 5.91 Å². The van der Waals surface area contributed by atoms with Crippen LogP contribution in [0.5, 0.6) is 0 Å². The average Bonchev–Trinajstić information content (AvgIpc) is 3.28. The third kappa shape index (κ3) is 2.95. The fraction of sp³-hybridized carbons (Fsp3) is 0.444. The Labute approximate surface area is 146 Å². The highest BCUT2D eigenvalue weighted by Crippen LogP contribution is 2.41. The van der Waals surface area contributed by atoms with Gasteiger partial charge >= 0.3 is 0 Å². The van der Waals surface area contributed by atoms with Crippen LogP contribution in [0.3, 0.4) is 0 Å². The molecule has 2 N–H and O–H groups in total. The molecule has 1 saturated carbocycles. The monoisotopic (exact) mass is 336 g/mol. The highest BCUT2D eigenvalue weighted by Gasteiger charge is 2.36. The minimum absolute atomic E-state index is 0.0868. The maximum absolute atomic E-state index is 12.7. The number of carbonyl (C=O) groups is 1. The Morgan fingerprint density at radius 2 is 2.24 bits per heavy atom. The van der Waals surface area contributed by atoms with Crippen LogP contribution in [0, 0.1) is 23.2 Å². The fourth-order valence-corrected chi connectivity index (χ4v) is 3.47. The number of pyridine rings is 1. The summed E-state index contributed by atoms with van der Waals surface area (Å²) in [6, 6.07) is 7.96. The highest BCUT2D eigenvalue weighted by molar-refractivity contribution is 5.94. The van der Waals surface area contributed by atoms with Gasteiger partial charge in [-0.25, -0.2) is 4.98 Å². The Bertz CT molecular complexity index is 820. The molecular weight excluding hydrogens is 316 g/mol. The maximum Gasteiger partial charge on any atom is 0.230 e. The van der Waals surface area contributed by atoms with Crippen molar-refractivity contribution in [1.82, 2.24) is 15.2 Å². The number of nitrogens with one attached hydrogen (secondary N) is 2. The second-order valence-corrected chi connectivity index (χ2v) is 6.91. The molecule has 0 spiro atoms. The van der Waals surface area contributed by atoms with Crippen molar-refractivity contribution in [2.75, 3.05) is 23.3 Å². The van der Waals surface area contributed by atoms with E-state index in [2.05, 4.69) is 38.4 Å². The normalized spacial score (nSPS) is 22.6. The summed E-state index contributed by atoms with van der Waals surface area (Å²) in [4.78, 5) is 19.2. The first-order valence-corrected chi connectivity index (χ1v) is 8.62. The lowest BCUT2D eigenvalue weighted by atomic mass is 9.97. The van der Waals surface area contributed by atoms with E-state index in [9.17, 15) is 10.1 Å². The van der Waals surface area contributed by atoms with Crippen LogP contribution in [0.25, 0.3) is 0 Å². The molecule has 128 valence electrons. The van der Waals surface area contributed by atoms with Crippen molar-refractivity contribution >= 4 is 17.5 Å². The molecule has 7 heteroatoms. The molecule has 2 aromatic heterocycles. The Balaban J connectivity index is 1.47. The lowest BCUT2D eigenvalue weighted by Gasteiger charge is -2.16. The number of aromatic nitrogens is 3. The fourth-order valence-electron chi connectivity index (χ4n) is 3.47. The second kappa shape index (κ2) is 6.20. The van der Waals surface area contributed by atoms with E-state index in [-0.39, 0.29) is 17.7 Å². The van der Waals surface area contributed by atoms with Crippen LogP contribution in [0.15, 0.2) is 24.4 Å². The van der Waals surface area contributed by atoms with Crippen molar-refractivity contribution in [3.63, 3.8) is 0 Å². The SMILES string of the molecule is C[C@@H]1CN(c2ccccn2)C[C@H]1C(=O)Nc1n[nH]c(C2CC2)c1C#N. The van der Waals surface area contributed by atoms with Crippen LogP contribution in [0.2, 0.25) is 0 Å². The van der Waals surface area contributed by atoms with E-state index in [0.717, 1.165) is 30.9 Å². The largest absolute Gasteiger partial charge is 0.356 e. The molecule has 7 nitrogen and oxygen atoms in total. The molecule has 1 aliphatic heterocycles. The number of nitrogens with zero attached hydrogens (tertiary/aromatic N) is 4. The lowest BCUT2D eigenvalue weighted by molar-refractivity contribution is -0.120. The van der Waals surface area contributed by atoms with Gasteiger partial charge in [0, 0.05) is 25.2 Å². The van der Waals surface area contributed by atoms with E-state index in [4.69, 9.17) is 0 Å². The summed E-state index contributed by atoms with van der Waals surface area (Å²) in [5.41, 5.74) is 1.33. The van der Waals surface area contributed by atoms with Crippen molar-refractivity contribution in [2.45, 2.75) is 25.7 Å². The van der Waals surface area contributed by atoms with Gasteiger partial charge in [-0.15, -0.1) is 0 Å². The number of rotatable bonds is 4. The quantitative estimate of drug-likeness (QED) is 0.892. The number of H-pyrrole nitrogens is 1. The van der Waals surface area contributed by atoms with Gasteiger partial charge in [0.05, 0.1) is 11.6 Å². The van der Waals surface area contributed by atoms with Crippen molar-refractivity contribution < 1.29 is 4.79 Å². The number of aromatic amines is 1. The second-order valence-electron chi connectivity index (χ2n) is 6.91. The van der Waals surface area contributed by atoms with Gasteiger partial charge in [-0.05, 0) is 30.9 Å². The first-order valence-electron chi connectivity index (χ1n) is 8.62. The Morgan fingerprint density at radius 3 is 2.92 bits per heavy atom. The molecule has 0 radical (unpaired) electrons. The van der Waals surface area contributed by atoms with E-state index < -0.39 is 0 Å². The van der Waals surface area contributed by atoms with Crippen LogP contribution in [-0.2, 0) is 4.79 Å². The van der Waals surface area contributed by atoms with E-state index in [1.54, 1.807) is 6.20 Å². The van der Waals surface area contributed by atoms with Gasteiger partial charge in [0.25, 0.3) is 0 Å². The summed E-state index contributed by atoms with van der Waals surface area (Å²) in [6.45, 7) is 3.47. The number of amides is 1. The van der Waals surface area contributed by atoms with E-state index in [0.29, 0.717) is 23.8 Å². The minimum atomic E-state index is -0.158. The number of carbonyl (C=O) groups excluding carboxylic acids is 1. The Morgan fingerprint density at radius 1 is 1.40 bits per heavy atom. The zero-order valence-electron chi connectivity index (χ0n) is 14.1. The van der Waals surface area contributed by atoms with Gasteiger partial charge in [0.1, 0.15) is 17.5 Å². The predicted octanol–water partition coefficient (Wildman–Crippen LogP) is 2.26. The molecule has 4 rings (SSSR count). The van der Waals surface area contributed by atoms with Crippen molar-refractivity contribution in [3.05, 3.63) is 35.7 Å². The molecule has 3 heterocycles.